The SMILES string of the molecule is CC(C)c1ccc(NCc2ccc(-c3ccc(Cl)cc3)o2)cc1. The Balaban J connectivity index is 1.64. The summed E-state index contributed by atoms with van der Waals surface area (Å²) in [7, 11) is 0. The Hall–Kier alpha value is -2.19. The van der Waals surface area contributed by atoms with Gasteiger partial charge in [0, 0.05) is 16.3 Å². The molecule has 0 aliphatic carbocycles. The Bertz CT molecular complexity index is 757. The second-order valence-corrected chi connectivity index (χ2v) is 6.34. The van der Waals surface area contributed by atoms with Gasteiger partial charge in [-0.1, -0.05) is 37.6 Å². The van der Waals surface area contributed by atoms with Crippen molar-refractivity contribution < 1.29 is 4.42 Å². The van der Waals surface area contributed by atoms with Crippen molar-refractivity contribution in [3.8, 4) is 11.3 Å². The van der Waals surface area contributed by atoms with Crippen LogP contribution in [0.4, 0.5) is 5.69 Å². The monoisotopic (exact) mass is 325 g/mol. The first kappa shape index (κ1) is 15.7. The lowest BCUT2D eigenvalue weighted by Gasteiger charge is -2.08. The van der Waals surface area contributed by atoms with Gasteiger partial charge in [-0.15, -0.1) is 0 Å². The predicted molar refractivity (Wildman–Crippen MR) is 97.0 cm³/mol. The van der Waals surface area contributed by atoms with Crippen LogP contribution in [0, 0.1) is 0 Å². The first-order chi connectivity index (χ1) is 11.1. The molecule has 1 heterocycles. The molecule has 118 valence electrons. The van der Waals surface area contributed by atoms with E-state index in [2.05, 4.69) is 43.4 Å². The van der Waals surface area contributed by atoms with Crippen LogP contribution in [0.25, 0.3) is 11.3 Å². The highest BCUT2D eigenvalue weighted by Crippen LogP contribution is 2.24. The fraction of sp³-hybridized carbons (Fsp3) is 0.200. The van der Waals surface area contributed by atoms with Crippen molar-refractivity contribution in [2.24, 2.45) is 0 Å². The Morgan fingerprint density at radius 2 is 1.61 bits per heavy atom. The summed E-state index contributed by atoms with van der Waals surface area (Å²) in [6.07, 6.45) is 0. The standard InChI is InChI=1S/C20H20ClNO/c1-14(2)15-5-9-18(10-6-15)22-13-19-11-12-20(23-19)16-3-7-17(21)8-4-16/h3-12,14,22H,13H2,1-2H3. The summed E-state index contributed by atoms with van der Waals surface area (Å²) in [5.41, 5.74) is 3.47. The molecule has 0 saturated heterocycles. The van der Waals surface area contributed by atoms with E-state index in [1.54, 1.807) is 0 Å². The van der Waals surface area contributed by atoms with E-state index in [4.69, 9.17) is 16.0 Å². The van der Waals surface area contributed by atoms with Crippen molar-refractivity contribution in [2.75, 3.05) is 5.32 Å². The highest BCUT2D eigenvalue weighted by atomic mass is 35.5. The summed E-state index contributed by atoms with van der Waals surface area (Å²) in [6, 6.07) is 20.2. The highest BCUT2D eigenvalue weighted by molar-refractivity contribution is 6.30. The minimum absolute atomic E-state index is 0.552. The maximum absolute atomic E-state index is 5.91. The largest absolute Gasteiger partial charge is 0.459 e. The third kappa shape index (κ3) is 3.96. The molecule has 2 nitrogen and oxygen atoms in total. The second kappa shape index (κ2) is 6.93. The van der Waals surface area contributed by atoms with Crippen molar-refractivity contribution in [1.82, 2.24) is 0 Å². The number of rotatable bonds is 5. The molecule has 3 heteroatoms. The summed E-state index contributed by atoms with van der Waals surface area (Å²) >= 11 is 5.91. The van der Waals surface area contributed by atoms with Crippen molar-refractivity contribution in [3.05, 3.63) is 77.0 Å². The van der Waals surface area contributed by atoms with E-state index in [0.717, 1.165) is 27.8 Å². The number of hydrogen-bond acceptors (Lipinski definition) is 2. The number of anilines is 1. The van der Waals surface area contributed by atoms with E-state index >= 15 is 0 Å². The predicted octanol–water partition coefficient (Wildman–Crippen LogP) is 6.34. The van der Waals surface area contributed by atoms with Crippen molar-refractivity contribution in [3.63, 3.8) is 0 Å². The molecule has 0 aliphatic heterocycles. The number of nitrogens with one attached hydrogen (secondary N) is 1. The van der Waals surface area contributed by atoms with E-state index in [0.29, 0.717) is 12.5 Å². The molecular formula is C20H20ClNO. The topological polar surface area (TPSA) is 25.2 Å². The average molecular weight is 326 g/mol. The van der Waals surface area contributed by atoms with E-state index in [9.17, 15) is 0 Å². The molecule has 1 aromatic heterocycles. The second-order valence-electron chi connectivity index (χ2n) is 5.90. The molecule has 0 atom stereocenters. The van der Waals surface area contributed by atoms with Gasteiger partial charge in [0.15, 0.2) is 0 Å². The van der Waals surface area contributed by atoms with Gasteiger partial charge in [0.2, 0.25) is 0 Å². The molecule has 1 N–H and O–H groups in total. The van der Waals surface area contributed by atoms with Gasteiger partial charge < -0.3 is 9.73 Å². The molecule has 3 aromatic rings. The Morgan fingerprint density at radius 1 is 0.913 bits per heavy atom. The van der Waals surface area contributed by atoms with Crippen LogP contribution < -0.4 is 5.32 Å². The third-order valence-electron chi connectivity index (χ3n) is 3.83. The Morgan fingerprint density at radius 3 is 2.26 bits per heavy atom. The average Bonchev–Trinajstić information content (AvgIpc) is 3.03. The van der Waals surface area contributed by atoms with Crippen molar-refractivity contribution in [2.45, 2.75) is 26.3 Å². The van der Waals surface area contributed by atoms with Gasteiger partial charge in [0.25, 0.3) is 0 Å². The molecule has 0 radical (unpaired) electrons. The lowest BCUT2D eigenvalue weighted by atomic mass is 10.0. The fourth-order valence-corrected chi connectivity index (χ4v) is 2.54. The molecule has 0 saturated carbocycles. The molecule has 0 bridgehead atoms. The maximum atomic E-state index is 5.91. The zero-order valence-corrected chi connectivity index (χ0v) is 14.1. The molecule has 3 rings (SSSR count). The van der Waals surface area contributed by atoms with Crippen LogP contribution in [0.2, 0.25) is 5.02 Å². The summed E-state index contributed by atoms with van der Waals surface area (Å²) in [5.74, 6) is 2.31. The Labute approximate surface area is 142 Å². The van der Waals surface area contributed by atoms with E-state index in [-0.39, 0.29) is 0 Å². The van der Waals surface area contributed by atoms with Gasteiger partial charge in [0.1, 0.15) is 11.5 Å². The number of furan rings is 1. The molecule has 23 heavy (non-hydrogen) atoms. The number of hydrogen-bond donors (Lipinski definition) is 1. The summed E-state index contributed by atoms with van der Waals surface area (Å²) < 4.78 is 5.89. The summed E-state index contributed by atoms with van der Waals surface area (Å²) in [6.45, 7) is 5.06. The zero-order chi connectivity index (χ0) is 16.2. The highest BCUT2D eigenvalue weighted by Gasteiger charge is 2.05. The van der Waals surface area contributed by atoms with Crippen LogP contribution in [-0.4, -0.2) is 0 Å². The summed E-state index contributed by atoms with van der Waals surface area (Å²) in [4.78, 5) is 0. The van der Waals surface area contributed by atoms with Gasteiger partial charge in [-0.05, 0) is 60.0 Å². The van der Waals surface area contributed by atoms with Gasteiger partial charge in [-0.25, -0.2) is 0 Å². The fourth-order valence-electron chi connectivity index (χ4n) is 2.42. The summed E-state index contributed by atoms with van der Waals surface area (Å²) in [5, 5.41) is 4.11. The third-order valence-corrected chi connectivity index (χ3v) is 4.09. The lowest BCUT2D eigenvalue weighted by Crippen LogP contribution is -1.98. The van der Waals surface area contributed by atoms with Gasteiger partial charge >= 0.3 is 0 Å². The van der Waals surface area contributed by atoms with Gasteiger partial charge in [-0.3, -0.25) is 0 Å². The Kier molecular flexibility index (Phi) is 4.73. The first-order valence-corrected chi connectivity index (χ1v) is 8.18. The maximum Gasteiger partial charge on any atom is 0.134 e. The minimum Gasteiger partial charge on any atom is -0.459 e. The van der Waals surface area contributed by atoms with Crippen LogP contribution in [0.5, 0.6) is 0 Å². The number of benzene rings is 2. The normalized spacial score (nSPS) is 11.0. The van der Waals surface area contributed by atoms with E-state index in [1.807, 2.05) is 36.4 Å². The molecule has 0 aliphatic rings. The molecule has 0 spiro atoms. The number of halogens is 1. The zero-order valence-electron chi connectivity index (χ0n) is 13.3. The van der Waals surface area contributed by atoms with Crippen molar-refractivity contribution >= 4 is 17.3 Å². The van der Waals surface area contributed by atoms with Crippen LogP contribution in [0.1, 0.15) is 31.1 Å². The first-order valence-electron chi connectivity index (χ1n) is 7.80. The quantitative estimate of drug-likeness (QED) is 0.592. The molecule has 2 aromatic carbocycles. The molecule has 0 amide bonds. The molecular weight excluding hydrogens is 306 g/mol. The van der Waals surface area contributed by atoms with Crippen LogP contribution >= 0.6 is 11.6 Å². The smallest absolute Gasteiger partial charge is 0.134 e. The van der Waals surface area contributed by atoms with Gasteiger partial charge in [-0.2, -0.15) is 0 Å². The minimum atomic E-state index is 0.552. The molecule has 0 unspecified atom stereocenters. The van der Waals surface area contributed by atoms with E-state index < -0.39 is 0 Å². The van der Waals surface area contributed by atoms with Gasteiger partial charge in [0.05, 0.1) is 6.54 Å². The van der Waals surface area contributed by atoms with E-state index in [1.165, 1.54) is 5.56 Å². The van der Waals surface area contributed by atoms with Crippen LogP contribution in [0.3, 0.4) is 0 Å². The van der Waals surface area contributed by atoms with Crippen molar-refractivity contribution in [1.29, 1.82) is 0 Å². The lowest BCUT2D eigenvalue weighted by molar-refractivity contribution is 0.531. The molecule has 0 fully saturated rings. The van der Waals surface area contributed by atoms with Crippen LogP contribution in [0.15, 0.2) is 65.1 Å². The van der Waals surface area contributed by atoms with Crippen LogP contribution in [-0.2, 0) is 6.54 Å².